The quantitative estimate of drug-likeness (QED) is 0.219. The number of rotatable bonds is 1. The zero-order chi connectivity index (χ0) is 7.86. The van der Waals surface area contributed by atoms with Gasteiger partial charge < -0.3 is 5.21 Å². The number of hydrogen-bond donors (Lipinski definition) is 3. The van der Waals surface area contributed by atoms with Gasteiger partial charge in [-0.25, -0.2) is 0 Å². The molecule has 0 amide bonds. The van der Waals surface area contributed by atoms with Gasteiger partial charge in [0, 0.05) is 0 Å². The molecule has 0 rings (SSSR count). The standard InChI is InChI=1S/H4N3O2.HNO3/c1-3(4)5-2;2-1(3)4/h2H2,(H2,1,4);(H,2,3,4)/q+1;. The van der Waals surface area contributed by atoms with Crippen LogP contribution >= 0.6 is 0 Å². The van der Waals surface area contributed by atoms with E-state index in [9.17, 15) is 0 Å². The Hall–Kier alpha value is -1.64. The minimum Gasteiger partial charge on any atom is -0.328 e. The molecule has 5 N–H and O–H groups in total. The molecule has 54 valence electrons. The molecule has 0 aromatic rings. The Kier molecular flexibility index (Phi) is 7.32. The molecule has 9 heteroatoms. The third-order valence-corrected chi connectivity index (χ3v) is 0.104. The van der Waals surface area contributed by atoms with Crippen molar-refractivity contribution in [1.82, 2.24) is 0 Å². The number of hydrazine groups is 1. The lowest BCUT2D eigenvalue weighted by atomic mass is 12.7. The van der Waals surface area contributed by atoms with E-state index in [4.69, 9.17) is 20.2 Å². The largest absolute Gasteiger partial charge is 0.374 e. The summed E-state index contributed by atoms with van der Waals surface area (Å²) in [5.41, 5.74) is 0. The Morgan fingerprint density at radius 1 is 1.56 bits per heavy atom. The van der Waals surface area contributed by atoms with E-state index >= 15 is 0 Å². The summed E-state index contributed by atoms with van der Waals surface area (Å²) in [6.07, 6.45) is 0. The summed E-state index contributed by atoms with van der Waals surface area (Å²) >= 11 is 0. The molecular weight excluding hydrogens is 136 g/mol. The molecule has 0 saturated heterocycles. The minimum atomic E-state index is -1.50. The van der Waals surface area contributed by atoms with Crippen molar-refractivity contribution in [2.24, 2.45) is 11.7 Å². The second kappa shape index (κ2) is 6.36. The van der Waals surface area contributed by atoms with Crippen LogP contribution in [0.25, 0.3) is 0 Å². The van der Waals surface area contributed by atoms with Crippen LogP contribution in [0.4, 0.5) is 0 Å². The Bertz CT molecular complexity index is 93.1. The van der Waals surface area contributed by atoms with Crippen molar-refractivity contribution in [1.29, 1.82) is 0 Å². The van der Waals surface area contributed by atoms with E-state index in [0.717, 1.165) is 0 Å². The van der Waals surface area contributed by atoms with Crippen LogP contribution < -0.4 is 11.7 Å². The summed E-state index contributed by atoms with van der Waals surface area (Å²) in [5, 5.41) is 13.3. The van der Waals surface area contributed by atoms with Crippen molar-refractivity contribution in [2.75, 3.05) is 0 Å². The van der Waals surface area contributed by atoms with Crippen LogP contribution in [0.3, 0.4) is 0 Å². The molecule has 0 atom stereocenters. The Morgan fingerprint density at radius 2 is 1.67 bits per heavy atom. The topological polar surface area (TPSA) is 145 Å². The monoisotopic (exact) mass is 141 g/mol. The van der Waals surface area contributed by atoms with Gasteiger partial charge in [-0.2, -0.15) is 0 Å². The van der Waals surface area contributed by atoms with E-state index in [-0.39, 0.29) is 5.03 Å². The summed E-state index contributed by atoms with van der Waals surface area (Å²) < 4.78 is 0. The van der Waals surface area contributed by atoms with Crippen molar-refractivity contribution in [2.45, 2.75) is 0 Å². The highest BCUT2D eigenvalue weighted by molar-refractivity contribution is 3.83. The van der Waals surface area contributed by atoms with Crippen molar-refractivity contribution in [3.05, 3.63) is 15.0 Å². The van der Waals surface area contributed by atoms with E-state index in [1.54, 1.807) is 0 Å². The van der Waals surface area contributed by atoms with Crippen LogP contribution in [-0.4, -0.2) is 15.3 Å². The number of hydrogen-bond acceptors (Lipinski definition) is 5. The molecule has 9 nitrogen and oxygen atoms in total. The lowest BCUT2D eigenvalue weighted by molar-refractivity contribution is -0.817. The van der Waals surface area contributed by atoms with E-state index in [2.05, 4.69) is 16.7 Å². The van der Waals surface area contributed by atoms with Gasteiger partial charge in [0.25, 0.3) is 5.09 Å². The van der Waals surface area contributed by atoms with Gasteiger partial charge in [-0.15, -0.1) is 16.0 Å². The maximum atomic E-state index is 9.16. The molecule has 0 unspecified atom stereocenters. The van der Waals surface area contributed by atoms with Crippen molar-refractivity contribution in [3.63, 3.8) is 0 Å². The van der Waals surface area contributed by atoms with Gasteiger partial charge in [0.2, 0.25) is 0 Å². The maximum absolute atomic E-state index is 9.16. The average Bonchev–Trinajstić information content (AvgIpc) is 1.65. The molecule has 0 aliphatic heterocycles. The summed E-state index contributed by atoms with van der Waals surface area (Å²) in [4.78, 5) is 20.8. The van der Waals surface area contributed by atoms with E-state index in [1.807, 2.05) is 0 Å². The van der Waals surface area contributed by atoms with E-state index < -0.39 is 5.09 Å². The SMILES string of the molecule is NO[N+](N)=O.O=[N+]([O-])O. The molecule has 0 aliphatic carbocycles. The molecule has 0 radical (unpaired) electrons. The predicted octanol–water partition coefficient (Wildman–Crippen LogP) is -1.90. The smallest absolute Gasteiger partial charge is 0.328 e. The third-order valence-electron chi connectivity index (χ3n) is 0.104. The number of nitrogens with zero attached hydrogens (tertiary/aromatic N) is 2. The first-order valence-electron chi connectivity index (χ1n) is 1.42. The predicted molar refractivity (Wildman–Crippen MR) is 21.9 cm³/mol. The summed E-state index contributed by atoms with van der Waals surface area (Å²) in [6.45, 7) is 0. The normalized spacial score (nSPS) is 6.33. The molecule has 0 aromatic heterocycles. The molecule has 0 heterocycles. The Morgan fingerprint density at radius 3 is 1.67 bits per heavy atom. The highest BCUT2D eigenvalue weighted by Gasteiger charge is 1.86. The zero-order valence-electron chi connectivity index (χ0n) is 4.13. The fourth-order valence-electron chi connectivity index (χ4n) is 0. The molecular formula is H5N4O5+. The van der Waals surface area contributed by atoms with E-state index in [1.165, 1.54) is 0 Å². The second-order valence-corrected chi connectivity index (χ2v) is 0.629. The van der Waals surface area contributed by atoms with Crippen molar-refractivity contribution < 1.29 is 20.3 Å². The van der Waals surface area contributed by atoms with Crippen molar-refractivity contribution >= 4 is 0 Å². The molecule has 0 fully saturated rings. The summed E-state index contributed by atoms with van der Waals surface area (Å²) in [7, 11) is 0. The van der Waals surface area contributed by atoms with Gasteiger partial charge in [0.1, 0.15) is 4.91 Å². The van der Waals surface area contributed by atoms with Crippen LogP contribution in [0.5, 0.6) is 0 Å². The van der Waals surface area contributed by atoms with Crippen LogP contribution in [0.2, 0.25) is 0 Å². The maximum Gasteiger partial charge on any atom is 0.374 e. The summed E-state index contributed by atoms with van der Waals surface area (Å²) in [5.74, 6) is 8.38. The first kappa shape index (κ1) is 10.4. The van der Waals surface area contributed by atoms with Crippen molar-refractivity contribution in [3.8, 4) is 0 Å². The fraction of sp³-hybridized carbons (Fsp3) is 0. The fourth-order valence-corrected chi connectivity index (χ4v) is 0. The van der Waals surface area contributed by atoms with Gasteiger partial charge in [0.05, 0.1) is 0 Å². The van der Waals surface area contributed by atoms with Gasteiger partial charge in [0.15, 0.2) is 0 Å². The average molecular weight is 141 g/mol. The molecule has 9 heavy (non-hydrogen) atoms. The highest BCUT2D eigenvalue weighted by Crippen LogP contribution is 1.40. The number of nitrogens with two attached hydrogens (primary N) is 2. The van der Waals surface area contributed by atoms with Gasteiger partial charge in [-0.1, -0.05) is 10.8 Å². The molecule has 0 spiro atoms. The first-order chi connectivity index (χ1) is 4.00. The second-order valence-electron chi connectivity index (χ2n) is 0.629. The molecule has 0 bridgehead atoms. The van der Waals surface area contributed by atoms with Crippen LogP contribution in [0, 0.1) is 15.0 Å². The van der Waals surface area contributed by atoms with Gasteiger partial charge in [-0.3, -0.25) is 0 Å². The summed E-state index contributed by atoms with van der Waals surface area (Å²) in [6, 6.07) is 0. The molecule has 0 saturated carbocycles. The van der Waals surface area contributed by atoms with E-state index in [0.29, 0.717) is 0 Å². The Balaban J connectivity index is 0. The van der Waals surface area contributed by atoms with Crippen LogP contribution in [0.15, 0.2) is 0 Å². The first-order valence-corrected chi connectivity index (χ1v) is 1.42. The minimum absolute atomic E-state index is 0.347. The molecule has 0 aromatic carbocycles. The highest BCUT2D eigenvalue weighted by atomic mass is 16.9. The van der Waals surface area contributed by atoms with Crippen LogP contribution in [-0.2, 0) is 4.94 Å². The lowest BCUT2D eigenvalue weighted by Gasteiger charge is -1.65. The Labute approximate surface area is 48.4 Å². The van der Waals surface area contributed by atoms with Crippen LogP contribution in [0.1, 0.15) is 0 Å². The molecule has 0 aliphatic rings. The van der Waals surface area contributed by atoms with Gasteiger partial charge in [-0.05, 0) is 0 Å². The third kappa shape index (κ3) is 933. The zero-order valence-corrected chi connectivity index (χ0v) is 4.13. The lowest BCUT2D eigenvalue weighted by Crippen LogP contribution is -2.20. The van der Waals surface area contributed by atoms with Gasteiger partial charge >= 0.3 is 5.03 Å².